The number of rotatable bonds is 6. The van der Waals surface area contributed by atoms with Crippen molar-refractivity contribution in [2.45, 2.75) is 51.1 Å². The number of nitrogens with one attached hydrogen (secondary N) is 1. The molecule has 0 radical (unpaired) electrons. The van der Waals surface area contributed by atoms with Crippen LogP contribution in [0.4, 0.5) is 0 Å². The number of carbonyl (C=O) groups is 2. The Bertz CT molecular complexity index is 512. The van der Waals surface area contributed by atoms with Crippen LogP contribution in [0.2, 0.25) is 0 Å². The fourth-order valence-corrected chi connectivity index (χ4v) is 2.72. The van der Waals surface area contributed by atoms with Crippen molar-refractivity contribution in [1.29, 1.82) is 0 Å². The average molecular weight is 305 g/mol. The molecule has 0 saturated heterocycles. The van der Waals surface area contributed by atoms with Gasteiger partial charge in [-0.25, -0.2) is 0 Å². The quantitative estimate of drug-likeness (QED) is 0.786. The van der Waals surface area contributed by atoms with Crippen molar-refractivity contribution in [2.24, 2.45) is 0 Å². The number of hydrogen-bond donors (Lipinski definition) is 2. The van der Waals surface area contributed by atoms with Gasteiger partial charge in [0.25, 0.3) is 0 Å². The van der Waals surface area contributed by atoms with E-state index in [0.717, 1.165) is 24.8 Å². The largest absolute Gasteiger partial charge is 0.508 e. The standard InChI is InChI=1S/C17H23NO4/c1-2-22-17(21)15(11-12-7-9-13(19)10-8-12)18-14-5-3-4-6-16(14)20/h7-10,14-15,18-19H,2-6,11H2,1H3/t14-,15+/m1/s1. The first-order valence-corrected chi connectivity index (χ1v) is 7.83. The molecule has 22 heavy (non-hydrogen) atoms. The van der Waals surface area contributed by atoms with Crippen LogP contribution in [0.5, 0.6) is 5.75 Å². The summed E-state index contributed by atoms with van der Waals surface area (Å²) in [5.74, 6) is 0.0204. The molecule has 0 aliphatic heterocycles. The summed E-state index contributed by atoms with van der Waals surface area (Å²) < 4.78 is 5.11. The number of ether oxygens (including phenoxy) is 1. The van der Waals surface area contributed by atoms with E-state index in [4.69, 9.17) is 4.74 Å². The fraction of sp³-hybridized carbons (Fsp3) is 0.529. The van der Waals surface area contributed by atoms with Gasteiger partial charge in [-0.05, 0) is 43.9 Å². The van der Waals surface area contributed by atoms with Gasteiger partial charge in [-0.15, -0.1) is 0 Å². The Morgan fingerprint density at radius 2 is 2.09 bits per heavy atom. The molecule has 2 N–H and O–H groups in total. The third-order valence-electron chi connectivity index (χ3n) is 3.90. The number of aromatic hydroxyl groups is 1. The second kappa shape index (κ2) is 7.94. The maximum atomic E-state index is 12.1. The first-order chi connectivity index (χ1) is 10.6. The third-order valence-corrected chi connectivity index (χ3v) is 3.90. The van der Waals surface area contributed by atoms with E-state index in [-0.39, 0.29) is 23.5 Å². The van der Waals surface area contributed by atoms with Crippen LogP contribution in [0.25, 0.3) is 0 Å². The number of carbonyl (C=O) groups excluding carboxylic acids is 2. The van der Waals surface area contributed by atoms with Gasteiger partial charge < -0.3 is 9.84 Å². The second-order valence-electron chi connectivity index (χ2n) is 5.61. The molecule has 0 unspecified atom stereocenters. The van der Waals surface area contributed by atoms with E-state index in [0.29, 0.717) is 19.4 Å². The summed E-state index contributed by atoms with van der Waals surface area (Å²) in [6, 6.07) is 5.90. The zero-order valence-electron chi connectivity index (χ0n) is 12.9. The molecule has 0 spiro atoms. The summed E-state index contributed by atoms with van der Waals surface area (Å²) in [6.45, 7) is 2.08. The predicted octanol–water partition coefficient (Wildman–Crippen LogP) is 1.97. The minimum atomic E-state index is -0.545. The number of hydrogen-bond acceptors (Lipinski definition) is 5. The fourth-order valence-electron chi connectivity index (χ4n) is 2.72. The average Bonchev–Trinajstić information content (AvgIpc) is 2.51. The normalized spacial score (nSPS) is 19.7. The van der Waals surface area contributed by atoms with Gasteiger partial charge in [0.05, 0.1) is 12.6 Å². The molecule has 2 rings (SSSR count). The third kappa shape index (κ3) is 4.56. The molecular weight excluding hydrogens is 282 g/mol. The molecule has 1 aliphatic carbocycles. The van der Waals surface area contributed by atoms with Gasteiger partial charge in [-0.3, -0.25) is 14.9 Å². The molecule has 5 heteroatoms. The Morgan fingerprint density at radius 1 is 1.36 bits per heavy atom. The summed E-state index contributed by atoms with van der Waals surface area (Å²) in [7, 11) is 0. The maximum absolute atomic E-state index is 12.1. The Morgan fingerprint density at radius 3 is 2.73 bits per heavy atom. The molecule has 1 saturated carbocycles. The van der Waals surface area contributed by atoms with Gasteiger partial charge >= 0.3 is 5.97 Å². The van der Waals surface area contributed by atoms with Crippen LogP contribution < -0.4 is 5.32 Å². The van der Waals surface area contributed by atoms with E-state index in [9.17, 15) is 14.7 Å². The lowest BCUT2D eigenvalue weighted by Crippen LogP contribution is -2.49. The first kappa shape index (κ1) is 16.5. The highest BCUT2D eigenvalue weighted by molar-refractivity contribution is 5.86. The highest BCUT2D eigenvalue weighted by atomic mass is 16.5. The molecular formula is C17H23NO4. The lowest BCUT2D eigenvalue weighted by atomic mass is 9.93. The summed E-state index contributed by atoms with van der Waals surface area (Å²) in [6.07, 6.45) is 3.71. The smallest absolute Gasteiger partial charge is 0.323 e. The molecule has 1 aromatic rings. The van der Waals surface area contributed by atoms with Crippen LogP contribution in [0.1, 0.15) is 38.2 Å². The van der Waals surface area contributed by atoms with Gasteiger partial charge in [0.15, 0.2) is 0 Å². The van der Waals surface area contributed by atoms with Gasteiger partial charge in [0.1, 0.15) is 17.6 Å². The van der Waals surface area contributed by atoms with E-state index in [2.05, 4.69) is 5.32 Å². The van der Waals surface area contributed by atoms with Crippen molar-refractivity contribution in [1.82, 2.24) is 5.32 Å². The Balaban J connectivity index is 2.06. The summed E-state index contributed by atoms with van der Waals surface area (Å²) in [4.78, 5) is 24.1. The maximum Gasteiger partial charge on any atom is 0.323 e. The SMILES string of the molecule is CCOC(=O)[C@H](Cc1ccc(O)cc1)N[C@@H]1CCCCC1=O. The van der Waals surface area contributed by atoms with Crippen molar-refractivity contribution in [3.63, 3.8) is 0 Å². The predicted molar refractivity (Wildman–Crippen MR) is 82.6 cm³/mol. The van der Waals surface area contributed by atoms with Crippen LogP contribution in [0.15, 0.2) is 24.3 Å². The van der Waals surface area contributed by atoms with Crippen molar-refractivity contribution in [3.8, 4) is 5.75 Å². The van der Waals surface area contributed by atoms with Crippen LogP contribution in [0.3, 0.4) is 0 Å². The molecule has 0 bridgehead atoms. The van der Waals surface area contributed by atoms with Crippen molar-refractivity contribution < 1.29 is 19.4 Å². The Kier molecular flexibility index (Phi) is 5.95. The van der Waals surface area contributed by atoms with E-state index >= 15 is 0 Å². The molecule has 2 atom stereocenters. The van der Waals surface area contributed by atoms with Crippen LogP contribution >= 0.6 is 0 Å². The van der Waals surface area contributed by atoms with E-state index in [1.54, 1.807) is 31.2 Å². The van der Waals surface area contributed by atoms with Crippen LogP contribution in [-0.2, 0) is 20.7 Å². The van der Waals surface area contributed by atoms with Crippen LogP contribution in [-0.4, -0.2) is 35.5 Å². The van der Waals surface area contributed by atoms with E-state index in [1.165, 1.54) is 0 Å². The van der Waals surface area contributed by atoms with Gasteiger partial charge in [0.2, 0.25) is 0 Å². The lowest BCUT2D eigenvalue weighted by Gasteiger charge is -2.26. The molecule has 0 aromatic heterocycles. The number of phenols is 1. The minimum Gasteiger partial charge on any atom is -0.508 e. The van der Waals surface area contributed by atoms with E-state index in [1.807, 2.05) is 0 Å². The van der Waals surface area contributed by atoms with E-state index < -0.39 is 6.04 Å². The first-order valence-electron chi connectivity index (χ1n) is 7.83. The van der Waals surface area contributed by atoms with Gasteiger partial charge in [-0.1, -0.05) is 18.6 Å². The number of Topliss-reactive ketones (excluding diaryl/α,β-unsaturated/α-hetero) is 1. The number of ketones is 1. The highest BCUT2D eigenvalue weighted by Gasteiger charge is 2.28. The highest BCUT2D eigenvalue weighted by Crippen LogP contribution is 2.17. The van der Waals surface area contributed by atoms with Gasteiger partial charge in [0, 0.05) is 6.42 Å². The minimum absolute atomic E-state index is 0.172. The second-order valence-corrected chi connectivity index (χ2v) is 5.61. The molecule has 1 fully saturated rings. The molecule has 1 aromatic carbocycles. The summed E-state index contributed by atoms with van der Waals surface area (Å²) in [5, 5.41) is 12.5. The molecule has 5 nitrogen and oxygen atoms in total. The molecule has 1 aliphatic rings. The lowest BCUT2D eigenvalue weighted by molar-refractivity contribution is -0.146. The Labute approximate surface area is 130 Å². The molecule has 0 heterocycles. The van der Waals surface area contributed by atoms with Crippen molar-refractivity contribution in [3.05, 3.63) is 29.8 Å². The number of phenolic OH excluding ortho intramolecular Hbond substituents is 1. The van der Waals surface area contributed by atoms with Gasteiger partial charge in [-0.2, -0.15) is 0 Å². The topological polar surface area (TPSA) is 75.6 Å². The van der Waals surface area contributed by atoms with Crippen LogP contribution in [0, 0.1) is 0 Å². The number of esters is 1. The number of benzene rings is 1. The zero-order chi connectivity index (χ0) is 15.9. The molecule has 0 amide bonds. The summed E-state index contributed by atoms with van der Waals surface area (Å²) in [5.41, 5.74) is 0.909. The van der Waals surface area contributed by atoms with Crippen molar-refractivity contribution in [2.75, 3.05) is 6.61 Å². The molecule has 120 valence electrons. The van der Waals surface area contributed by atoms with Crippen molar-refractivity contribution >= 4 is 11.8 Å². The monoisotopic (exact) mass is 305 g/mol. The summed E-state index contributed by atoms with van der Waals surface area (Å²) >= 11 is 0. The zero-order valence-corrected chi connectivity index (χ0v) is 12.9. The Hall–Kier alpha value is -1.88.